The zero-order chi connectivity index (χ0) is 12.1. The number of ether oxygens (including phenoxy) is 1. The van der Waals surface area contributed by atoms with E-state index in [0.29, 0.717) is 5.75 Å². The second kappa shape index (κ2) is 5.69. The van der Waals surface area contributed by atoms with Gasteiger partial charge in [0.2, 0.25) is 0 Å². The van der Waals surface area contributed by atoms with Gasteiger partial charge in [-0.2, -0.15) is 0 Å². The Labute approximate surface area is 97.6 Å². The molecule has 0 bridgehead atoms. The van der Waals surface area contributed by atoms with Crippen molar-refractivity contribution in [3.8, 4) is 5.75 Å². The van der Waals surface area contributed by atoms with Crippen LogP contribution in [0, 0.1) is 19.8 Å². The number of rotatable bonds is 4. The Morgan fingerprint density at radius 3 is 2.69 bits per heavy atom. The highest BCUT2D eigenvalue weighted by Gasteiger charge is 2.15. The molecule has 1 unspecified atom stereocenters. The molecule has 0 spiro atoms. The highest BCUT2D eigenvalue weighted by molar-refractivity contribution is 5.75. The van der Waals surface area contributed by atoms with Crippen LogP contribution in [0.2, 0.25) is 0 Å². The predicted molar refractivity (Wildman–Crippen MR) is 65.6 cm³/mol. The lowest BCUT2D eigenvalue weighted by Crippen LogP contribution is -2.18. The monoisotopic (exact) mass is 220 g/mol. The van der Waals surface area contributed by atoms with Crippen molar-refractivity contribution >= 4 is 5.97 Å². The fourth-order valence-electron chi connectivity index (χ4n) is 1.58. The first-order valence-electron chi connectivity index (χ1n) is 5.83. The van der Waals surface area contributed by atoms with Crippen LogP contribution in [0.25, 0.3) is 0 Å². The number of hydrogen-bond donors (Lipinski definition) is 0. The van der Waals surface area contributed by atoms with Crippen molar-refractivity contribution in [2.45, 2.75) is 40.5 Å². The molecule has 0 aromatic heterocycles. The molecule has 0 aliphatic carbocycles. The van der Waals surface area contributed by atoms with Gasteiger partial charge in [0.1, 0.15) is 5.75 Å². The summed E-state index contributed by atoms with van der Waals surface area (Å²) in [5, 5.41) is 0. The molecule has 0 aliphatic heterocycles. The van der Waals surface area contributed by atoms with E-state index in [1.165, 1.54) is 0 Å². The van der Waals surface area contributed by atoms with Crippen molar-refractivity contribution in [1.82, 2.24) is 0 Å². The van der Waals surface area contributed by atoms with Crippen molar-refractivity contribution in [3.63, 3.8) is 0 Å². The standard InChI is InChI=1S/C14H20O2/c1-5-6-12(4)14(15)16-13-9-10(2)7-8-11(13)3/h7-9,12H,5-6H2,1-4H3. The van der Waals surface area contributed by atoms with E-state index in [1.54, 1.807) is 0 Å². The van der Waals surface area contributed by atoms with Crippen molar-refractivity contribution in [3.05, 3.63) is 29.3 Å². The van der Waals surface area contributed by atoms with Crippen LogP contribution >= 0.6 is 0 Å². The summed E-state index contributed by atoms with van der Waals surface area (Å²) in [6.45, 7) is 7.93. The van der Waals surface area contributed by atoms with Gasteiger partial charge in [0, 0.05) is 0 Å². The summed E-state index contributed by atoms with van der Waals surface area (Å²) in [6.07, 6.45) is 1.88. The lowest BCUT2D eigenvalue weighted by molar-refractivity contribution is -0.138. The minimum Gasteiger partial charge on any atom is -0.426 e. The van der Waals surface area contributed by atoms with Crippen LogP contribution in [0.15, 0.2) is 18.2 Å². The topological polar surface area (TPSA) is 26.3 Å². The summed E-state index contributed by atoms with van der Waals surface area (Å²) in [7, 11) is 0. The summed E-state index contributed by atoms with van der Waals surface area (Å²) >= 11 is 0. The van der Waals surface area contributed by atoms with Crippen molar-refractivity contribution in [2.75, 3.05) is 0 Å². The third-order valence-corrected chi connectivity index (χ3v) is 2.68. The second-order valence-corrected chi connectivity index (χ2v) is 4.38. The van der Waals surface area contributed by atoms with Crippen LogP contribution in [0.5, 0.6) is 5.75 Å². The molecule has 0 radical (unpaired) electrons. The van der Waals surface area contributed by atoms with Gasteiger partial charge in [-0.15, -0.1) is 0 Å². The number of esters is 1. The van der Waals surface area contributed by atoms with Gasteiger partial charge in [0.15, 0.2) is 0 Å². The fourth-order valence-corrected chi connectivity index (χ4v) is 1.58. The molecular formula is C14H20O2. The van der Waals surface area contributed by atoms with Gasteiger partial charge >= 0.3 is 5.97 Å². The summed E-state index contributed by atoms with van der Waals surface area (Å²) in [5.41, 5.74) is 2.11. The molecule has 0 saturated carbocycles. The molecule has 0 fully saturated rings. The van der Waals surface area contributed by atoms with E-state index in [-0.39, 0.29) is 11.9 Å². The molecule has 88 valence electrons. The van der Waals surface area contributed by atoms with Gasteiger partial charge in [-0.05, 0) is 37.5 Å². The first kappa shape index (κ1) is 12.8. The molecule has 2 nitrogen and oxygen atoms in total. The zero-order valence-corrected chi connectivity index (χ0v) is 10.5. The lowest BCUT2D eigenvalue weighted by Gasteiger charge is -2.12. The van der Waals surface area contributed by atoms with E-state index < -0.39 is 0 Å². The maximum absolute atomic E-state index is 11.7. The summed E-state index contributed by atoms with van der Waals surface area (Å²) < 4.78 is 5.40. The first-order valence-corrected chi connectivity index (χ1v) is 5.83. The smallest absolute Gasteiger partial charge is 0.314 e. The normalized spacial score (nSPS) is 12.2. The summed E-state index contributed by atoms with van der Waals surface area (Å²) in [4.78, 5) is 11.7. The molecule has 0 heterocycles. The predicted octanol–water partition coefficient (Wildman–Crippen LogP) is 3.65. The Bertz CT molecular complexity index is 369. The number of carbonyl (C=O) groups excluding carboxylic acids is 1. The Hall–Kier alpha value is -1.31. The molecule has 0 saturated heterocycles. The van der Waals surface area contributed by atoms with E-state index >= 15 is 0 Å². The lowest BCUT2D eigenvalue weighted by atomic mass is 10.1. The molecule has 0 aliphatic rings. The Balaban J connectivity index is 2.72. The second-order valence-electron chi connectivity index (χ2n) is 4.38. The maximum atomic E-state index is 11.7. The number of benzene rings is 1. The minimum atomic E-state index is -0.129. The van der Waals surface area contributed by atoms with Crippen LogP contribution in [-0.4, -0.2) is 5.97 Å². The molecule has 2 heteroatoms. The molecule has 16 heavy (non-hydrogen) atoms. The van der Waals surface area contributed by atoms with Crippen LogP contribution < -0.4 is 4.74 Å². The van der Waals surface area contributed by atoms with Gasteiger partial charge in [-0.3, -0.25) is 4.79 Å². The Morgan fingerprint density at radius 1 is 1.38 bits per heavy atom. The highest BCUT2D eigenvalue weighted by atomic mass is 16.5. The number of hydrogen-bond acceptors (Lipinski definition) is 2. The SMILES string of the molecule is CCCC(C)C(=O)Oc1cc(C)ccc1C. The van der Waals surface area contributed by atoms with Crippen LogP contribution in [0.1, 0.15) is 37.8 Å². The van der Waals surface area contributed by atoms with Crippen LogP contribution in [0.4, 0.5) is 0 Å². The minimum absolute atomic E-state index is 0.0232. The average Bonchev–Trinajstić information content (AvgIpc) is 2.23. The Kier molecular flexibility index (Phi) is 4.53. The number of carbonyl (C=O) groups is 1. The highest BCUT2D eigenvalue weighted by Crippen LogP contribution is 2.21. The van der Waals surface area contributed by atoms with Crippen LogP contribution in [0.3, 0.4) is 0 Å². The van der Waals surface area contributed by atoms with E-state index in [1.807, 2.05) is 39.0 Å². The molecule has 1 aromatic carbocycles. The largest absolute Gasteiger partial charge is 0.426 e. The van der Waals surface area contributed by atoms with E-state index in [2.05, 4.69) is 6.92 Å². The summed E-state index contributed by atoms with van der Waals surface area (Å²) in [6, 6.07) is 5.90. The molecule has 1 atom stereocenters. The van der Waals surface area contributed by atoms with E-state index in [9.17, 15) is 4.79 Å². The Morgan fingerprint density at radius 2 is 2.06 bits per heavy atom. The quantitative estimate of drug-likeness (QED) is 0.572. The summed E-state index contributed by atoms with van der Waals surface area (Å²) in [5.74, 6) is 0.536. The molecule has 1 rings (SSSR count). The van der Waals surface area contributed by atoms with Gasteiger partial charge in [-0.25, -0.2) is 0 Å². The fraction of sp³-hybridized carbons (Fsp3) is 0.500. The third-order valence-electron chi connectivity index (χ3n) is 2.68. The maximum Gasteiger partial charge on any atom is 0.314 e. The zero-order valence-electron chi connectivity index (χ0n) is 10.5. The van der Waals surface area contributed by atoms with Crippen LogP contribution in [-0.2, 0) is 4.79 Å². The van der Waals surface area contributed by atoms with Gasteiger partial charge in [0.05, 0.1) is 5.92 Å². The van der Waals surface area contributed by atoms with Gasteiger partial charge in [-0.1, -0.05) is 32.4 Å². The molecule has 0 N–H and O–H groups in total. The van der Waals surface area contributed by atoms with E-state index in [0.717, 1.165) is 24.0 Å². The molecule has 1 aromatic rings. The van der Waals surface area contributed by atoms with Crippen molar-refractivity contribution in [2.24, 2.45) is 5.92 Å². The van der Waals surface area contributed by atoms with Crippen molar-refractivity contribution < 1.29 is 9.53 Å². The number of aryl methyl sites for hydroxylation is 2. The van der Waals surface area contributed by atoms with Gasteiger partial charge < -0.3 is 4.74 Å². The first-order chi connectivity index (χ1) is 7.54. The average molecular weight is 220 g/mol. The third kappa shape index (κ3) is 3.37. The van der Waals surface area contributed by atoms with Gasteiger partial charge in [0.25, 0.3) is 0 Å². The van der Waals surface area contributed by atoms with Crippen molar-refractivity contribution in [1.29, 1.82) is 0 Å². The van der Waals surface area contributed by atoms with E-state index in [4.69, 9.17) is 4.74 Å². The molecular weight excluding hydrogens is 200 g/mol. The molecule has 0 amide bonds.